The molecule has 2 aliphatic rings. The molecule has 6 rings (SSSR count). The summed E-state index contributed by atoms with van der Waals surface area (Å²) in [5.41, 5.74) is 2.31. The van der Waals surface area contributed by atoms with Gasteiger partial charge in [-0.05, 0) is 59.7 Å². The van der Waals surface area contributed by atoms with E-state index in [1.54, 1.807) is 62.8 Å². The van der Waals surface area contributed by atoms with E-state index in [1.807, 2.05) is 24.3 Å². The summed E-state index contributed by atoms with van der Waals surface area (Å²) in [6.45, 7) is 2.63. The van der Waals surface area contributed by atoms with Crippen LogP contribution in [-0.4, -0.2) is 66.8 Å². The number of fused-ring (bicyclic) bond motifs is 2. The van der Waals surface area contributed by atoms with Crippen molar-refractivity contribution in [3.63, 3.8) is 0 Å². The lowest BCUT2D eigenvalue weighted by molar-refractivity contribution is -0.203. The Morgan fingerprint density at radius 1 is 0.491 bits per heavy atom. The molecule has 13 heteroatoms. The minimum absolute atomic E-state index is 0.310. The molecule has 6 atom stereocenters. The molecule has 0 radical (unpaired) electrons. The van der Waals surface area contributed by atoms with E-state index in [2.05, 4.69) is 0 Å². The van der Waals surface area contributed by atoms with E-state index in [9.17, 15) is 9.59 Å². The third-order valence-electron chi connectivity index (χ3n) is 9.14. The predicted molar refractivity (Wildman–Crippen MR) is 189 cm³/mol. The summed E-state index contributed by atoms with van der Waals surface area (Å²) in [5, 5.41) is 0. The second-order valence-electron chi connectivity index (χ2n) is 12.2. The normalized spacial score (nSPS) is 21.4. The van der Waals surface area contributed by atoms with Gasteiger partial charge in [0, 0.05) is 25.0 Å². The van der Waals surface area contributed by atoms with Crippen LogP contribution in [0.1, 0.15) is 60.5 Å². The van der Waals surface area contributed by atoms with E-state index in [4.69, 9.17) is 52.1 Å². The Balaban J connectivity index is 1.58. The smallest absolute Gasteiger partial charge is 0.303 e. The fourth-order valence-corrected chi connectivity index (χ4v) is 6.77. The number of rotatable bonds is 12. The standard InChI is InChI=1S/C40H42O13/c1-21(41)49-39-31(23-9-13-25(43-3)14-10-23)51-33-27(17-19-29(45-5)37(33)47-7)35(39)53-36-28-18-20-30(46-6)38(48-8)34(28)52-32(40(36)50-22(2)42)24-11-15-26(44-4)16-12-24/h9-20,31-32,35-36,39-40H,1-8H3/t31-,32+,35+,36-,39-,40-/m0/s1. The van der Waals surface area contributed by atoms with Crippen LogP contribution in [0.4, 0.5) is 0 Å². The monoisotopic (exact) mass is 730 g/mol. The first-order chi connectivity index (χ1) is 25.6. The van der Waals surface area contributed by atoms with Crippen LogP contribution in [0.3, 0.4) is 0 Å². The Morgan fingerprint density at radius 3 is 1.17 bits per heavy atom. The van der Waals surface area contributed by atoms with Crippen LogP contribution in [0.2, 0.25) is 0 Å². The lowest BCUT2D eigenvalue weighted by Crippen LogP contribution is -2.44. The van der Waals surface area contributed by atoms with E-state index in [0.717, 1.165) is 0 Å². The van der Waals surface area contributed by atoms with Gasteiger partial charge in [-0.2, -0.15) is 0 Å². The van der Waals surface area contributed by atoms with Gasteiger partial charge in [0.05, 0.1) is 42.7 Å². The number of methoxy groups -OCH3 is 6. The first-order valence-corrected chi connectivity index (χ1v) is 16.8. The van der Waals surface area contributed by atoms with Gasteiger partial charge in [-0.25, -0.2) is 0 Å². The molecule has 0 bridgehead atoms. The highest BCUT2D eigenvalue weighted by molar-refractivity contribution is 5.68. The van der Waals surface area contributed by atoms with Gasteiger partial charge < -0.3 is 52.1 Å². The van der Waals surface area contributed by atoms with Crippen LogP contribution in [-0.2, 0) is 23.8 Å². The number of carbonyl (C=O) groups is 2. The molecule has 0 aliphatic carbocycles. The molecule has 0 amide bonds. The minimum Gasteiger partial charge on any atom is -0.497 e. The Morgan fingerprint density at radius 2 is 0.868 bits per heavy atom. The maximum atomic E-state index is 12.9. The molecule has 0 fully saturated rings. The largest absolute Gasteiger partial charge is 0.497 e. The number of carbonyl (C=O) groups excluding carboxylic acids is 2. The number of ether oxygens (including phenoxy) is 11. The number of benzene rings is 4. The van der Waals surface area contributed by atoms with Gasteiger partial charge in [-0.15, -0.1) is 0 Å². The molecule has 53 heavy (non-hydrogen) atoms. The summed E-state index contributed by atoms with van der Waals surface area (Å²) < 4.78 is 66.4. The third-order valence-corrected chi connectivity index (χ3v) is 9.14. The van der Waals surface area contributed by atoms with Gasteiger partial charge in [0.1, 0.15) is 23.7 Å². The fourth-order valence-electron chi connectivity index (χ4n) is 6.77. The Labute approximate surface area is 307 Å². The van der Waals surface area contributed by atoms with E-state index in [-0.39, 0.29) is 0 Å². The van der Waals surface area contributed by atoms with Gasteiger partial charge in [0.25, 0.3) is 0 Å². The van der Waals surface area contributed by atoms with Gasteiger partial charge in [-0.1, -0.05) is 24.3 Å². The molecule has 0 unspecified atom stereocenters. The molecule has 2 aliphatic heterocycles. The molecule has 13 nitrogen and oxygen atoms in total. The summed E-state index contributed by atoms with van der Waals surface area (Å²) in [7, 11) is 9.19. The van der Waals surface area contributed by atoms with Crippen molar-refractivity contribution in [2.24, 2.45) is 0 Å². The second-order valence-corrected chi connectivity index (χ2v) is 12.2. The van der Waals surface area contributed by atoms with Crippen LogP contribution in [0.5, 0.6) is 46.0 Å². The summed E-state index contributed by atoms with van der Waals surface area (Å²) in [4.78, 5) is 25.8. The van der Waals surface area contributed by atoms with Crippen molar-refractivity contribution in [1.29, 1.82) is 0 Å². The van der Waals surface area contributed by atoms with Crippen molar-refractivity contribution in [2.75, 3.05) is 42.7 Å². The first-order valence-electron chi connectivity index (χ1n) is 16.8. The molecule has 0 N–H and O–H groups in total. The number of hydrogen-bond donors (Lipinski definition) is 0. The molecular formula is C40H42O13. The molecule has 0 spiro atoms. The van der Waals surface area contributed by atoms with Crippen LogP contribution in [0, 0.1) is 0 Å². The van der Waals surface area contributed by atoms with Gasteiger partial charge >= 0.3 is 11.9 Å². The highest BCUT2D eigenvalue weighted by Crippen LogP contribution is 2.57. The van der Waals surface area contributed by atoms with Crippen molar-refractivity contribution < 1.29 is 61.7 Å². The first kappa shape index (κ1) is 37.0. The van der Waals surface area contributed by atoms with Gasteiger partial charge in [0.15, 0.2) is 47.4 Å². The summed E-state index contributed by atoms with van der Waals surface area (Å²) >= 11 is 0. The Hall–Kier alpha value is -5.82. The second kappa shape index (κ2) is 15.8. The van der Waals surface area contributed by atoms with Crippen LogP contribution in [0.25, 0.3) is 0 Å². The zero-order valence-corrected chi connectivity index (χ0v) is 30.7. The van der Waals surface area contributed by atoms with E-state index < -0.39 is 48.6 Å². The quantitative estimate of drug-likeness (QED) is 0.144. The topological polar surface area (TPSA) is 136 Å². The van der Waals surface area contributed by atoms with Crippen molar-refractivity contribution in [1.82, 2.24) is 0 Å². The van der Waals surface area contributed by atoms with Crippen LogP contribution in [0.15, 0.2) is 72.8 Å². The summed E-state index contributed by atoms with van der Waals surface area (Å²) in [5.74, 6) is 2.19. The molecule has 4 aromatic rings. The van der Waals surface area contributed by atoms with Gasteiger partial charge in [-0.3, -0.25) is 9.59 Å². The summed E-state index contributed by atoms with van der Waals surface area (Å²) in [6.07, 6.45) is -6.00. The Bertz CT molecular complexity index is 1790. The average molecular weight is 731 g/mol. The fraction of sp³-hybridized carbons (Fsp3) is 0.350. The maximum Gasteiger partial charge on any atom is 0.303 e. The molecule has 0 aromatic heterocycles. The summed E-state index contributed by atoms with van der Waals surface area (Å²) in [6, 6.07) is 21.3. The lowest BCUT2D eigenvalue weighted by Gasteiger charge is -2.44. The van der Waals surface area contributed by atoms with E-state index >= 15 is 0 Å². The highest BCUT2D eigenvalue weighted by atomic mass is 16.6. The molecule has 0 saturated heterocycles. The van der Waals surface area contributed by atoms with Crippen LogP contribution >= 0.6 is 0 Å². The highest BCUT2D eigenvalue weighted by Gasteiger charge is 2.50. The lowest BCUT2D eigenvalue weighted by atomic mass is 9.88. The molecular weight excluding hydrogens is 688 g/mol. The molecule has 4 aromatic carbocycles. The minimum atomic E-state index is -1.06. The maximum absolute atomic E-state index is 12.9. The predicted octanol–water partition coefficient (Wildman–Crippen LogP) is 6.67. The zero-order valence-electron chi connectivity index (χ0n) is 30.7. The molecule has 2 heterocycles. The Kier molecular flexibility index (Phi) is 11.0. The van der Waals surface area contributed by atoms with Crippen molar-refractivity contribution >= 4 is 11.9 Å². The van der Waals surface area contributed by atoms with Crippen LogP contribution < -0.4 is 37.9 Å². The van der Waals surface area contributed by atoms with Crippen molar-refractivity contribution in [2.45, 2.75) is 50.5 Å². The molecule has 0 saturated carbocycles. The van der Waals surface area contributed by atoms with Crippen molar-refractivity contribution in [3.8, 4) is 46.0 Å². The number of esters is 2. The SMILES string of the molecule is COc1ccc([C@H]2Oc3c(ccc(OC)c3OC)[C@H](O[C@@H]3c4ccc(OC)c(OC)c4O[C@@H](c4ccc(OC)cc4)[C@@H]3OC(C)=O)[C@H]2OC(C)=O)cc1. The van der Waals surface area contributed by atoms with E-state index in [0.29, 0.717) is 68.2 Å². The zero-order chi connectivity index (χ0) is 37.8. The van der Waals surface area contributed by atoms with Crippen molar-refractivity contribution in [3.05, 3.63) is 95.1 Å². The van der Waals surface area contributed by atoms with Gasteiger partial charge in [0.2, 0.25) is 11.5 Å². The molecule has 280 valence electrons. The average Bonchev–Trinajstić information content (AvgIpc) is 3.17. The third kappa shape index (κ3) is 7.16. The number of hydrogen-bond acceptors (Lipinski definition) is 13. The van der Waals surface area contributed by atoms with E-state index in [1.165, 1.54) is 42.3 Å².